The average Bonchev–Trinajstić information content (AvgIpc) is 2.50. The van der Waals surface area contributed by atoms with E-state index >= 15 is 0 Å². The molecular formula is C6H3NO6. The number of nitrogens with zero attached hydrogens (tertiary/aromatic N) is 1. The van der Waals surface area contributed by atoms with Crippen molar-refractivity contribution in [2.24, 2.45) is 0 Å². The second kappa shape index (κ2) is 3.05. The number of furan rings is 1. The number of carboxylic acid groups (broad SMARTS) is 1. The Labute approximate surface area is 70.7 Å². The van der Waals surface area contributed by atoms with Crippen LogP contribution in [0.1, 0.15) is 20.9 Å². The Hall–Kier alpha value is -2.18. The lowest BCUT2D eigenvalue weighted by Gasteiger charge is -1.82. The lowest BCUT2D eigenvalue weighted by molar-refractivity contribution is -0.375. The second-order valence-electron chi connectivity index (χ2n) is 2.07. The van der Waals surface area contributed by atoms with Crippen LogP contribution in [0.2, 0.25) is 0 Å². The molecule has 0 aliphatic carbocycles. The van der Waals surface area contributed by atoms with Crippen LogP contribution in [0.4, 0.5) is 0 Å². The summed E-state index contributed by atoms with van der Waals surface area (Å²) in [6.45, 7) is 0. The third-order valence-electron chi connectivity index (χ3n) is 1.22. The van der Waals surface area contributed by atoms with Gasteiger partial charge in [-0.25, -0.2) is 9.59 Å². The molecule has 0 spiro atoms. The van der Waals surface area contributed by atoms with Crippen LogP contribution in [-0.2, 0) is 0 Å². The molecule has 0 aliphatic heterocycles. The zero-order valence-corrected chi connectivity index (χ0v) is 6.09. The van der Waals surface area contributed by atoms with Gasteiger partial charge in [-0.3, -0.25) is 10.1 Å². The standard InChI is InChI=1S/C6H3NO6/c8-5(7(11)12)3-1-4(6(9)10)13-2-3/h1-2H,(H,9,10). The molecule has 7 heteroatoms. The van der Waals surface area contributed by atoms with Crippen LogP contribution in [-0.4, -0.2) is 21.9 Å². The minimum Gasteiger partial charge on any atom is -0.475 e. The van der Waals surface area contributed by atoms with E-state index in [-0.39, 0.29) is 5.56 Å². The molecule has 0 fully saturated rings. The molecular weight excluding hydrogens is 182 g/mol. The van der Waals surface area contributed by atoms with Gasteiger partial charge < -0.3 is 9.52 Å². The number of carboxylic acids is 1. The Bertz CT molecular complexity index is 378. The van der Waals surface area contributed by atoms with E-state index in [9.17, 15) is 19.7 Å². The van der Waals surface area contributed by atoms with Crippen LogP contribution in [0.5, 0.6) is 0 Å². The number of rotatable bonds is 2. The van der Waals surface area contributed by atoms with Gasteiger partial charge in [-0.1, -0.05) is 0 Å². The van der Waals surface area contributed by atoms with E-state index in [4.69, 9.17) is 5.11 Å². The zero-order valence-electron chi connectivity index (χ0n) is 6.09. The quantitative estimate of drug-likeness (QED) is 0.527. The fourth-order valence-electron chi connectivity index (χ4n) is 0.666. The van der Waals surface area contributed by atoms with Crippen molar-refractivity contribution in [3.05, 3.63) is 33.8 Å². The highest BCUT2D eigenvalue weighted by molar-refractivity contribution is 5.92. The van der Waals surface area contributed by atoms with Crippen molar-refractivity contribution in [2.75, 3.05) is 0 Å². The summed E-state index contributed by atoms with van der Waals surface area (Å²) in [5, 5.41) is 18.3. The summed E-state index contributed by atoms with van der Waals surface area (Å²) in [5.41, 5.74) is -0.387. The van der Waals surface area contributed by atoms with Crippen molar-refractivity contribution in [3.63, 3.8) is 0 Å². The first-order valence-corrected chi connectivity index (χ1v) is 3.03. The number of amides is 1. The lowest BCUT2D eigenvalue weighted by atomic mass is 10.3. The molecule has 1 aromatic rings. The molecule has 1 N–H and O–H groups in total. The highest BCUT2D eigenvalue weighted by Crippen LogP contribution is 2.08. The molecule has 7 nitrogen and oxygen atoms in total. The fourth-order valence-corrected chi connectivity index (χ4v) is 0.666. The highest BCUT2D eigenvalue weighted by atomic mass is 16.6. The molecule has 1 amide bonds. The van der Waals surface area contributed by atoms with E-state index in [1.807, 2.05) is 0 Å². The van der Waals surface area contributed by atoms with Gasteiger partial charge in [0.05, 0.1) is 0 Å². The van der Waals surface area contributed by atoms with Crippen molar-refractivity contribution in [3.8, 4) is 0 Å². The summed E-state index contributed by atoms with van der Waals surface area (Å²) in [6.07, 6.45) is 0.731. The summed E-state index contributed by atoms with van der Waals surface area (Å²) in [7, 11) is 0. The van der Waals surface area contributed by atoms with E-state index in [2.05, 4.69) is 4.42 Å². The van der Waals surface area contributed by atoms with Gasteiger partial charge in [0.25, 0.3) is 0 Å². The normalized spacial score (nSPS) is 9.54. The number of hydrogen-bond donors (Lipinski definition) is 1. The molecule has 0 saturated heterocycles. The van der Waals surface area contributed by atoms with Gasteiger partial charge in [-0.2, -0.15) is 0 Å². The lowest BCUT2D eigenvalue weighted by Crippen LogP contribution is -2.10. The Morgan fingerprint density at radius 2 is 2.15 bits per heavy atom. The molecule has 0 unspecified atom stereocenters. The van der Waals surface area contributed by atoms with E-state index in [0.717, 1.165) is 12.3 Å². The van der Waals surface area contributed by atoms with Crippen LogP contribution in [0.3, 0.4) is 0 Å². The summed E-state index contributed by atoms with van der Waals surface area (Å²) < 4.78 is 4.37. The first-order valence-electron chi connectivity index (χ1n) is 3.03. The Kier molecular flexibility index (Phi) is 2.09. The first kappa shape index (κ1) is 8.91. The number of nitro groups is 1. The zero-order chi connectivity index (χ0) is 10.0. The minimum atomic E-state index is -1.39. The van der Waals surface area contributed by atoms with Crippen molar-refractivity contribution < 1.29 is 24.0 Å². The Morgan fingerprint density at radius 3 is 2.54 bits per heavy atom. The van der Waals surface area contributed by atoms with Gasteiger partial charge in [-0.15, -0.1) is 0 Å². The number of aromatic carboxylic acids is 1. The largest absolute Gasteiger partial charge is 0.479 e. The maximum absolute atomic E-state index is 10.6. The molecule has 0 saturated carbocycles. The average molecular weight is 185 g/mol. The minimum absolute atomic E-state index is 0.387. The molecule has 1 aromatic heterocycles. The molecule has 13 heavy (non-hydrogen) atoms. The van der Waals surface area contributed by atoms with Crippen LogP contribution in [0.15, 0.2) is 16.7 Å². The second-order valence-corrected chi connectivity index (χ2v) is 2.07. The molecule has 1 rings (SSSR count). The number of carbonyl (C=O) groups is 2. The van der Waals surface area contributed by atoms with Crippen LogP contribution < -0.4 is 0 Å². The fraction of sp³-hybridized carbons (Fsp3) is 0. The Morgan fingerprint density at radius 1 is 1.54 bits per heavy atom. The molecule has 0 atom stereocenters. The third-order valence-corrected chi connectivity index (χ3v) is 1.22. The van der Waals surface area contributed by atoms with Gasteiger partial charge in [0.15, 0.2) is 0 Å². The molecule has 0 bridgehead atoms. The van der Waals surface area contributed by atoms with E-state index < -0.39 is 22.6 Å². The topological polar surface area (TPSA) is 111 Å². The molecule has 1 heterocycles. The van der Waals surface area contributed by atoms with Crippen molar-refractivity contribution in [2.45, 2.75) is 0 Å². The van der Waals surface area contributed by atoms with Crippen LogP contribution in [0.25, 0.3) is 0 Å². The third kappa shape index (κ3) is 1.70. The summed E-state index contributed by atoms with van der Waals surface area (Å²) in [6, 6.07) is 0.799. The monoisotopic (exact) mass is 185 g/mol. The van der Waals surface area contributed by atoms with Crippen molar-refractivity contribution in [1.82, 2.24) is 0 Å². The predicted octanol–water partition coefficient (Wildman–Crippen LogP) is 0.395. The molecule has 0 aromatic carbocycles. The van der Waals surface area contributed by atoms with Gasteiger partial charge in [0, 0.05) is 6.07 Å². The Balaban J connectivity index is 2.99. The highest BCUT2D eigenvalue weighted by Gasteiger charge is 2.22. The van der Waals surface area contributed by atoms with Crippen LogP contribution in [0, 0.1) is 10.1 Å². The first-order chi connectivity index (χ1) is 6.02. The van der Waals surface area contributed by atoms with Crippen LogP contribution >= 0.6 is 0 Å². The van der Waals surface area contributed by atoms with Gasteiger partial charge in [0.1, 0.15) is 16.7 Å². The number of hydrogen-bond acceptors (Lipinski definition) is 5. The maximum Gasteiger partial charge on any atom is 0.479 e. The summed E-state index contributed by atoms with van der Waals surface area (Å²) in [5.74, 6) is -3.29. The van der Waals surface area contributed by atoms with Gasteiger partial charge in [0.2, 0.25) is 5.76 Å². The molecule has 68 valence electrons. The molecule has 0 radical (unpaired) electrons. The van der Waals surface area contributed by atoms with E-state index in [0.29, 0.717) is 0 Å². The van der Waals surface area contributed by atoms with Crippen molar-refractivity contribution >= 4 is 11.9 Å². The maximum atomic E-state index is 10.6. The predicted molar refractivity (Wildman–Crippen MR) is 37.0 cm³/mol. The summed E-state index contributed by atoms with van der Waals surface area (Å²) >= 11 is 0. The van der Waals surface area contributed by atoms with Gasteiger partial charge >= 0.3 is 11.9 Å². The summed E-state index contributed by atoms with van der Waals surface area (Å²) in [4.78, 5) is 29.6. The van der Waals surface area contributed by atoms with E-state index in [1.165, 1.54) is 0 Å². The van der Waals surface area contributed by atoms with E-state index in [1.54, 1.807) is 0 Å². The number of carbonyl (C=O) groups excluding carboxylic acids is 1. The van der Waals surface area contributed by atoms with Gasteiger partial charge in [-0.05, 0) is 0 Å². The molecule has 0 aliphatic rings. The smallest absolute Gasteiger partial charge is 0.475 e. The SMILES string of the molecule is O=C(O)c1cc(C(=O)[N+](=O)[O-])co1. The van der Waals surface area contributed by atoms with Crippen molar-refractivity contribution in [1.29, 1.82) is 0 Å².